The van der Waals surface area contributed by atoms with Crippen molar-refractivity contribution < 1.29 is 9.53 Å². The number of esters is 1. The first kappa shape index (κ1) is 16.5. The molecule has 0 spiro atoms. The highest BCUT2D eigenvalue weighted by Gasteiger charge is 2.12. The molecule has 1 heterocycles. The molecule has 0 radical (unpaired) electrons. The number of carbonyl (C=O) groups is 1. The number of unbranched alkanes of at least 4 members (excludes halogenated alkanes) is 2. The van der Waals surface area contributed by atoms with Crippen LogP contribution in [0.2, 0.25) is 0 Å². The van der Waals surface area contributed by atoms with Gasteiger partial charge in [0.05, 0.1) is 23.7 Å². The second kappa shape index (κ2) is 8.61. The van der Waals surface area contributed by atoms with Gasteiger partial charge in [0.15, 0.2) is 0 Å². The van der Waals surface area contributed by atoms with E-state index in [0.717, 1.165) is 55.7 Å². The molecule has 0 aliphatic carbocycles. The molecule has 2 N–H and O–H groups in total. The van der Waals surface area contributed by atoms with Crippen LogP contribution in [0.15, 0.2) is 0 Å². The predicted molar refractivity (Wildman–Crippen MR) is 80.5 cm³/mol. The Morgan fingerprint density at radius 1 is 1.20 bits per heavy atom. The summed E-state index contributed by atoms with van der Waals surface area (Å²) in [5, 5.41) is 4.56. The van der Waals surface area contributed by atoms with Gasteiger partial charge in [-0.05, 0) is 32.6 Å². The van der Waals surface area contributed by atoms with E-state index in [0.29, 0.717) is 13.0 Å². The van der Waals surface area contributed by atoms with Crippen molar-refractivity contribution in [2.24, 2.45) is 0 Å². The smallest absolute Gasteiger partial charge is 0.305 e. The largest absolute Gasteiger partial charge is 0.466 e. The number of nitrogens with two attached hydrogens (primary N) is 1. The zero-order valence-corrected chi connectivity index (χ0v) is 12.9. The van der Waals surface area contributed by atoms with Crippen molar-refractivity contribution in [3.8, 4) is 0 Å². The van der Waals surface area contributed by atoms with Crippen LogP contribution in [0.5, 0.6) is 0 Å². The fraction of sp³-hybridized carbons (Fsp3) is 0.733. The van der Waals surface area contributed by atoms with Crippen LogP contribution in [0.1, 0.15) is 57.8 Å². The van der Waals surface area contributed by atoms with Crippen molar-refractivity contribution in [3.05, 3.63) is 11.4 Å². The summed E-state index contributed by atoms with van der Waals surface area (Å²) in [5.41, 5.74) is 9.06. The maximum Gasteiger partial charge on any atom is 0.305 e. The second-order valence-electron chi connectivity index (χ2n) is 4.85. The minimum atomic E-state index is -0.0987. The van der Waals surface area contributed by atoms with E-state index in [1.165, 1.54) is 0 Å². The first-order chi connectivity index (χ1) is 9.63. The molecule has 0 atom stereocenters. The molecule has 114 valence electrons. The van der Waals surface area contributed by atoms with Crippen molar-refractivity contribution >= 4 is 11.7 Å². The number of ether oxygens (including phenoxy) is 1. The summed E-state index contributed by atoms with van der Waals surface area (Å²) in [6.45, 7) is 7.34. The summed E-state index contributed by atoms with van der Waals surface area (Å²) in [6, 6.07) is 0. The summed E-state index contributed by atoms with van der Waals surface area (Å²) >= 11 is 0. The van der Waals surface area contributed by atoms with Gasteiger partial charge in [-0.15, -0.1) is 0 Å². The number of nitrogens with zero attached hydrogens (tertiary/aromatic N) is 2. The lowest BCUT2D eigenvalue weighted by atomic mass is 10.2. The lowest BCUT2D eigenvalue weighted by molar-refractivity contribution is -0.143. The van der Waals surface area contributed by atoms with E-state index in [4.69, 9.17) is 10.5 Å². The molecular formula is C15H27N3O2. The van der Waals surface area contributed by atoms with Crippen molar-refractivity contribution in [2.75, 3.05) is 12.3 Å². The second-order valence-corrected chi connectivity index (χ2v) is 4.85. The molecule has 0 unspecified atom stereocenters. The number of nitrogen functional groups attached to an aromatic ring is 1. The van der Waals surface area contributed by atoms with E-state index in [-0.39, 0.29) is 5.97 Å². The quantitative estimate of drug-likeness (QED) is 0.558. The van der Waals surface area contributed by atoms with Gasteiger partial charge >= 0.3 is 5.97 Å². The highest BCUT2D eigenvalue weighted by Crippen LogP contribution is 2.19. The molecule has 1 rings (SSSR count). The molecule has 0 bridgehead atoms. The maximum absolute atomic E-state index is 11.2. The van der Waals surface area contributed by atoms with Crippen LogP contribution < -0.4 is 5.73 Å². The fourth-order valence-electron chi connectivity index (χ4n) is 2.33. The molecule has 1 aromatic rings. The van der Waals surface area contributed by atoms with E-state index in [1.54, 1.807) is 0 Å². The number of aromatic nitrogens is 2. The molecule has 20 heavy (non-hydrogen) atoms. The van der Waals surface area contributed by atoms with E-state index in [1.807, 2.05) is 11.6 Å². The van der Waals surface area contributed by atoms with Crippen LogP contribution in [0.3, 0.4) is 0 Å². The Kier molecular flexibility index (Phi) is 7.12. The van der Waals surface area contributed by atoms with E-state index >= 15 is 0 Å². The number of aryl methyl sites for hydroxylation is 2. The number of hydrogen-bond donors (Lipinski definition) is 1. The average molecular weight is 281 g/mol. The van der Waals surface area contributed by atoms with E-state index in [2.05, 4.69) is 18.9 Å². The minimum absolute atomic E-state index is 0.0987. The van der Waals surface area contributed by atoms with Crippen LogP contribution >= 0.6 is 0 Å². The topological polar surface area (TPSA) is 70.1 Å². The van der Waals surface area contributed by atoms with Gasteiger partial charge in [0.25, 0.3) is 0 Å². The Morgan fingerprint density at radius 2 is 1.95 bits per heavy atom. The molecule has 0 saturated carbocycles. The SMILES string of the molecule is CCOC(=O)CCCCCn1nc(CC)c(N)c1CC. The van der Waals surface area contributed by atoms with Crippen molar-refractivity contribution in [3.63, 3.8) is 0 Å². The molecule has 1 aromatic heterocycles. The first-order valence-electron chi connectivity index (χ1n) is 7.63. The van der Waals surface area contributed by atoms with Gasteiger partial charge in [0.1, 0.15) is 0 Å². The summed E-state index contributed by atoms with van der Waals surface area (Å²) in [5.74, 6) is -0.0987. The number of rotatable bonds is 9. The molecule has 0 aliphatic heterocycles. The Hall–Kier alpha value is -1.52. The van der Waals surface area contributed by atoms with Crippen LogP contribution in [-0.2, 0) is 28.9 Å². The third-order valence-electron chi connectivity index (χ3n) is 3.40. The predicted octanol–water partition coefficient (Wildman–Crippen LogP) is 2.71. The van der Waals surface area contributed by atoms with Gasteiger partial charge < -0.3 is 10.5 Å². The molecule has 0 saturated heterocycles. The Balaban J connectivity index is 2.37. The molecule has 0 aromatic carbocycles. The van der Waals surface area contributed by atoms with Crippen molar-refractivity contribution in [2.45, 2.75) is 65.8 Å². The summed E-state index contributed by atoms with van der Waals surface area (Å²) in [6.07, 6.45) is 5.17. The number of hydrogen-bond acceptors (Lipinski definition) is 4. The zero-order valence-electron chi connectivity index (χ0n) is 12.9. The number of carbonyl (C=O) groups excluding carboxylic acids is 1. The first-order valence-corrected chi connectivity index (χ1v) is 7.63. The Bertz CT molecular complexity index is 427. The normalized spacial score (nSPS) is 10.8. The molecule has 0 fully saturated rings. The Morgan fingerprint density at radius 3 is 2.55 bits per heavy atom. The fourth-order valence-corrected chi connectivity index (χ4v) is 2.33. The molecular weight excluding hydrogens is 254 g/mol. The van der Waals surface area contributed by atoms with Crippen LogP contribution in [0, 0.1) is 0 Å². The summed E-state index contributed by atoms with van der Waals surface area (Å²) in [7, 11) is 0. The van der Waals surface area contributed by atoms with Crippen molar-refractivity contribution in [1.82, 2.24) is 9.78 Å². The lowest BCUT2D eigenvalue weighted by Gasteiger charge is -2.06. The zero-order chi connectivity index (χ0) is 15.0. The molecule has 0 amide bonds. The molecule has 5 nitrogen and oxygen atoms in total. The lowest BCUT2D eigenvalue weighted by Crippen LogP contribution is -2.06. The standard InChI is InChI=1S/C15H27N3O2/c1-4-12-15(16)13(5-2)18(17-12)11-9-7-8-10-14(19)20-6-3/h4-11,16H2,1-3H3. The summed E-state index contributed by atoms with van der Waals surface area (Å²) < 4.78 is 6.93. The Labute approximate surface area is 121 Å². The maximum atomic E-state index is 11.2. The van der Waals surface area contributed by atoms with Gasteiger partial charge in [-0.3, -0.25) is 9.48 Å². The van der Waals surface area contributed by atoms with Crippen LogP contribution in [0.4, 0.5) is 5.69 Å². The molecule has 5 heteroatoms. The van der Waals surface area contributed by atoms with Crippen molar-refractivity contribution in [1.29, 1.82) is 0 Å². The van der Waals surface area contributed by atoms with E-state index in [9.17, 15) is 4.79 Å². The van der Waals surface area contributed by atoms with Gasteiger partial charge in [0.2, 0.25) is 0 Å². The highest BCUT2D eigenvalue weighted by molar-refractivity contribution is 5.69. The third kappa shape index (κ3) is 4.54. The summed E-state index contributed by atoms with van der Waals surface area (Å²) in [4.78, 5) is 11.2. The van der Waals surface area contributed by atoms with Gasteiger partial charge in [-0.25, -0.2) is 0 Å². The minimum Gasteiger partial charge on any atom is -0.466 e. The third-order valence-corrected chi connectivity index (χ3v) is 3.40. The van der Waals surface area contributed by atoms with Crippen LogP contribution in [-0.4, -0.2) is 22.4 Å². The van der Waals surface area contributed by atoms with Gasteiger partial charge in [-0.2, -0.15) is 5.10 Å². The highest BCUT2D eigenvalue weighted by atomic mass is 16.5. The van der Waals surface area contributed by atoms with Crippen LogP contribution in [0.25, 0.3) is 0 Å². The number of anilines is 1. The van der Waals surface area contributed by atoms with E-state index < -0.39 is 0 Å². The average Bonchev–Trinajstić information content (AvgIpc) is 2.74. The monoisotopic (exact) mass is 281 g/mol. The van der Waals surface area contributed by atoms with Gasteiger partial charge in [-0.1, -0.05) is 20.3 Å². The molecule has 0 aliphatic rings. The van der Waals surface area contributed by atoms with Gasteiger partial charge in [0, 0.05) is 13.0 Å².